The van der Waals surface area contributed by atoms with Crippen molar-refractivity contribution in [2.75, 3.05) is 11.1 Å². The molecular formula is C24H28IN5O2S. The Balaban J connectivity index is 1.64. The molecule has 7 nitrogen and oxygen atoms in total. The van der Waals surface area contributed by atoms with Gasteiger partial charge in [-0.1, -0.05) is 43.8 Å². The molecule has 1 aromatic heterocycles. The largest absolute Gasteiger partial charge is 0.342 e. The first-order chi connectivity index (χ1) is 15.8. The Morgan fingerprint density at radius 1 is 1.09 bits per heavy atom. The molecule has 9 heteroatoms. The first-order valence-corrected chi connectivity index (χ1v) is 12.9. The molecule has 2 amide bonds. The third kappa shape index (κ3) is 6.57. The lowest BCUT2D eigenvalue weighted by Crippen LogP contribution is -2.28. The van der Waals surface area contributed by atoms with Crippen molar-refractivity contribution in [3.63, 3.8) is 0 Å². The molecule has 0 fully saturated rings. The van der Waals surface area contributed by atoms with Gasteiger partial charge in [0.25, 0.3) is 5.91 Å². The predicted molar refractivity (Wildman–Crippen MR) is 141 cm³/mol. The number of thioether (sulfide) groups is 1. The number of aromatic nitrogens is 3. The molecule has 0 radical (unpaired) electrons. The van der Waals surface area contributed by atoms with Crippen molar-refractivity contribution >= 4 is 51.9 Å². The average Bonchev–Trinajstić information content (AvgIpc) is 3.22. The second kappa shape index (κ2) is 11.6. The van der Waals surface area contributed by atoms with E-state index in [0.717, 1.165) is 14.8 Å². The van der Waals surface area contributed by atoms with Crippen molar-refractivity contribution in [2.24, 2.45) is 0 Å². The molecule has 0 aliphatic rings. The van der Waals surface area contributed by atoms with E-state index in [0.29, 0.717) is 29.0 Å². The summed E-state index contributed by atoms with van der Waals surface area (Å²) in [7, 11) is 0. The smallest absolute Gasteiger partial charge is 0.251 e. The van der Waals surface area contributed by atoms with E-state index in [9.17, 15) is 9.59 Å². The quantitative estimate of drug-likeness (QED) is 0.268. The monoisotopic (exact) mass is 577 g/mol. The Hall–Kier alpha value is -2.40. The average molecular weight is 577 g/mol. The molecule has 0 saturated heterocycles. The highest BCUT2D eigenvalue weighted by Crippen LogP contribution is 2.27. The van der Waals surface area contributed by atoms with Crippen molar-refractivity contribution in [1.29, 1.82) is 0 Å². The number of hydrogen-bond acceptors (Lipinski definition) is 5. The van der Waals surface area contributed by atoms with E-state index < -0.39 is 0 Å². The summed E-state index contributed by atoms with van der Waals surface area (Å²) in [6.45, 7) is 8.72. The number of carbonyl (C=O) groups is 2. The lowest BCUT2D eigenvalue weighted by atomic mass is 10.0. The van der Waals surface area contributed by atoms with Crippen LogP contribution < -0.4 is 10.6 Å². The van der Waals surface area contributed by atoms with E-state index in [1.807, 2.05) is 48.7 Å². The number of benzene rings is 2. The fraction of sp³-hybridized carbons (Fsp3) is 0.333. The zero-order valence-electron chi connectivity index (χ0n) is 19.1. The van der Waals surface area contributed by atoms with Crippen LogP contribution in [0, 0.1) is 3.57 Å². The van der Waals surface area contributed by atoms with Gasteiger partial charge < -0.3 is 15.2 Å². The number of halogens is 1. The van der Waals surface area contributed by atoms with Crippen LogP contribution in [0.5, 0.6) is 0 Å². The first kappa shape index (κ1) is 25.2. The van der Waals surface area contributed by atoms with E-state index in [2.05, 4.69) is 63.3 Å². The lowest BCUT2D eigenvalue weighted by molar-refractivity contribution is -0.113. The van der Waals surface area contributed by atoms with Gasteiger partial charge >= 0.3 is 0 Å². The molecule has 3 aromatic rings. The predicted octanol–water partition coefficient (Wildman–Crippen LogP) is 5.25. The molecule has 174 valence electrons. The van der Waals surface area contributed by atoms with Crippen LogP contribution in [0.1, 0.15) is 61.4 Å². The highest BCUT2D eigenvalue weighted by atomic mass is 127. The Labute approximate surface area is 212 Å². The minimum atomic E-state index is -0.325. The number of nitrogens with one attached hydrogen (secondary N) is 2. The fourth-order valence-corrected chi connectivity index (χ4v) is 4.72. The second-order valence-electron chi connectivity index (χ2n) is 7.87. The van der Waals surface area contributed by atoms with Crippen LogP contribution >= 0.6 is 34.4 Å². The van der Waals surface area contributed by atoms with Crippen molar-refractivity contribution in [2.45, 2.75) is 51.4 Å². The van der Waals surface area contributed by atoms with Gasteiger partial charge in [0.1, 0.15) is 0 Å². The van der Waals surface area contributed by atoms with E-state index in [-0.39, 0.29) is 23.6 Å². The molecule has 1 heterocycles. The third-order valence-corrected chi connectivity index (χ3v) is 6.71. The first-order valence-electron chi connectivity index (χ1n) is 10.8. The summed E-state index contributed by atoms with van der Waals surface area (Å²) < 4.78 is 3.07. The van der Waals surface area contributed by atoms with Gasteiger partial charge in [-0.3, -0.25) is 9.59 Å². The molecule has 0 saturated carbocycles. The summed E-state index contributed by atoms with van der Waals surface area (Å²) in [5.41, 5.74) is 2.54. The molecule has 2 N–H and O–H groups in total. The third-order valence-electron chi connectivity index (χ3n) is 5.07. The van der Waals surface area contributed by atoms with Gasteiger partial charge in [-0.2, -0.15) is 0 Å². The van der Waals surface area contributed by atoms with Gasteiger partial charge in [-0.25, -0.2) is 0 Å². The standard InChI is InChI=1S/C24H28IN5O2S/c1-5-30-22(16(4)26-23(32)17-9-7-6-8-10-17)28-29-24(30)33-14-21(31)27-20-12-11-18(25)13-19(20)15(2)3/h6-13,15-16H,5,14H2,1-4H3,(H,26,32)(H,27,31)/t16-/m0/s1. The van der Waals surface area contributed by atoms with Crippen LogP contribution in [-0.2, 0) is 11.3 Å². The Morgan fingerprint density at radius 2 is 1.82 bits per heavy atom. The van der Waals surface area contributed by atoms with Crippen LogP contribution in [0.2, 0.25) is 0 Å². The summed E-state index contributed by atoms with van der Waals surface area (Å²) in [4.78, 5) is 25.1. The maximum absolute atomic E-state index is 12.6. The van der Waals surface area contributed by atoms with Gasteiger partial charge in [-0.15, -0.1) is 10.2 Å². The molecular weight excluding hydrogens is 549 g/mol. The lowest BCUT2D eigenvalue weighted by Gasteiger charge is -2.15. The highest BCUT2D eigenvalue weighted by Gasteiger charge is 2.20. The van der Waals surface area contributed by atoms with Gasteiger partial charge in [0.05, 0.1) is 11.8 Å². The summed E-state index contributed by atoms with van der Waals surface area (Å²) >= 11 is 3.61. The number of anilines is 1. The van der Waals surface area contributed by atoms with Crippen LogP contribution in [0.4, 0.5) is 5.69 Å². The topological polar surface area (TPSA) is 88.9 Å². The van der Waals surface area contributed by atoms with E-state index in [1.165, 1.54) is 11.8 Å². The number of nitrogens with zero attached hydrogens (tertiary/aromatic N) is 3. The van der Waals surface area contributed by atoms with Gasteiger partial charge in [0, 0.05) is 21.4 Å². The molecule has 2 aromatic carbocycles. The maximum atomic E-state index is 12.6. The van der Waals surface area contributed by atoms with Gasteiger partial charge in [0.2, 0.25) is 5.91 Å². The van der Waals surface area contributed by atoms with Crippen molar-refractivity contribution in [3.05, 3.63) is 69.1 Å². The van der Waals surface area contributed by atoms with Gasteiger partial charge in [0.15, 0.2) is 11.0 Å². The van der Waals surface area contributed by atoms with Crippen LogP contribution in [-0.4, -0.2) is 32.3 Å². The minimum Gasteiger partial charge on any atom is -0.342 e. The molecule has 0 aliphatic carbocycles. The minimum absolute atomic E-state index is 0.0965. The van der Waals surface area contributed by atoms with E-state index in [1.54, 1.807) is 12.1 Å². The zero-order chi connectivity index (χ0) is 24.0. The molecule has 0 aliphatic heterocycles. The van der Waals surface area contributed by atoms with Gasteiger partial charge in [-0.05, 0) is 78.3 Å². The summed E-state index contributed by atoms with van der Waals surface area (Å²) in [6, 6.07) is 14.8. The highest BCUT2D eigenvalue weighted by molar-refractivity contribution is 14.1. The van der Waals surface area contributed by atoms with Crippen LogP contribution in [0.15, 0.2) is 53.7 Å². The zero-order valence-corrected chi connectivity index (χ0v) is 22.1. The molecule has 1 atom stereocenters. The number of amides is 2. The normalized spacial score (nSPS) is 11.9. The number of rotatable bonds is 9. The number of carbonyl (C=O) groups excluding carboxylic acids is 2. The molecule has 0 unspecified atom stereocenters. The molecule has 3 rings (SSSR count). The molecule has 0 spiro atoms. The van der Waals surface area contributed by atoms with E-state index >= 15 is 0 Å². The Morgan fingerprint density at radius 3 is 2.48 bits per heavy atom. The van der Waals surface area contributed by atoms with E-state index in [4.69, 9.17) is 0 Å². The number of hydrogen-bond donors (Lipinski definition) is 2. The fourth-order valence-electron chi connectivity index (χ4n) is 3.40. The van der Waals surface area contributed by atoms with Crippen LogP contribution in [0.25, 0.3) is 0 Å². The second-order valence-corrected chi connectivity index (χ2v) is 10.1. The summed E-state index contributed by atoms with van der Waals surface area (Å²) in [5, 5.41) is 15.2. The molecule has 0 bridgehead atoms. The molecule has 33 heavy (non-hydrogen) atoms. The summed E-state index contributed by atoms with van der Waals surface area (Å²) in [6.07, 6.45) is 0. The maximum Gasteiger partial charge on any atom is 0.251 e. The summed E-state index contributed by atoms with van der Waals surface area (Å²) in [5.74, 6) is 0.916. The van der Waals surface area contributed by atoms with Crippen molar-refractivity contribution in [1.82, 2.24) is 20.1 Å². The Bertz CT molecular complexity index is 1120. The van der Waals surface area contributed by atoms with Crippen molar-refractivity contribution < 1.29 is 9.59 Å². The SMILES string of the molecule is CCn1c(SCC(=O)Nc2ccc(I)cc2C(C)C)nnc1[C@H](C)NC(=O)c1ccccc1. The van der Waals surface area contributed by atoms with Crippen LogP contribution in [0.3, 0.4) is 0 Å². The van der Waals surface area contributed by atoms with Crippen molar-refractivity contribution in [3.8, 4) is 0 Å². The Kier molecular flexibility index (Phi) is 8.90.